The molecule has 1 rings (SSSR count). The van der Waals surface area contributed by atoms with Gasteiger partial charge in [-0.1, -0.05) is 39.0 Å². The van der Waals surface area contributed by atoms with Crippen LogP contribution < -0.4 is 0 Å². The van der Waals surface area contributed by atoms with Crippen molar-refractivity contribution in [2.24, 2.45) is 11.8 Å². The van der Waals surface area contributed by atoms with Crippen molar-refractivity contribution in [1.29, 1.82) is 0 Å². The van der Waals surface area contributed by atoms with Crippen molar-refractivity contribution in [1.82, 2.24) is 0 Å². The molecular formula is C10H20O. The third-order valence-corrected chi connectivity index (χ3v) is 2.88. The molecule has 0 aromatic heterocycles. The molecule has 1 aliphatic carbocycles. The van der Waals surface area contributed by atoms with Gasteiger partial charge in [0.1, 0.15) is 0 Å². The second-order valence-electron chi connectivity index (χ2n) is 3.83. The van der Waals surface area contributed by atoms with Crippen LogP contribution in [0, 0.1) is 11.8 Å². The Bertz CT molecular complexity index is 95.0. The van der Waals surface area contributed by atoms with E-state index < -0.39 is 0 Å². The van der Waals surface area contributed by atoms with Gasteiger partial charge in [-0.25, -0.2) is 0 Å². The van der Waals surface area contributed by atoms with Gasteiger partial charge in [0, 0.05) is 13.7 Å². The summed E-state index contributed by atoms with van der Waals surface area (Å²) in [5, 5.41) is 0. The van der Waals surface area contributed by atoms with Crippen LogP contribution in [0.15, 0.2) is 0 Å². The Labute approximate surface area is 70.1 Å². The average molecular weight is 156 g/mol. The quantitative estimate of drug-likeness (QED) is 0.610. The fraction of sp³-hybridized carbons (Fsp3) is 1.00. The first-order valence-corrected chi connectivity index (χ1v) is 4.83. The standard InChI is InChI=1S/C10H20O/c1-9(8-11-2)10-6-4-3-5-7-10/h9-10H,3-8H2,1-2H3/t9-/m1/s1. The third kappa shape index (κ3) is 2.82. The summed E-state index contributed by atoms with van der Waals surface area (Å²) in [5.74, 6) is 1.73. The predicted octanol–water partition coefficient (Wildman–Crippen LogP) is 2.85. The van der Waals surface area contributed by atoms with E-state index in [4.69, 9.17) is 4.74 Å². The number of methoxy groups -OCH3 is 1. The Morgan fingerprint density at radius 3 is 2.45 bits per heavy atom. The summed E-state index contributed by atoms with van der Waals surface area (Å²) in [4.78, 5) is 0. The highest BCUT2D eigenvalue weighted by Gasteiger charge is 2.19. The van der Waals surface area contributed by atoms with E-state index in [-0.39, 0.29) is 0 Å². The fourth-order valence-electron chi connectivity index (χ4n) is 2.10. The lowest BCUT2D eigenvalue weighted by atomic mass is 9.81. The number of hydrogen-bond donors (Lipinski definition) is 0. The summed E-state index contributed by atoms with van der Waals surface area (Å²) in [6.45, 7) is 3.27. The minimum atomic E-state index is 0.778. The molecule has 0 amide bonds. The van der Waals surface area contributed by atoms with E-state index in [1.165, 1.54) is 32.1 Å². The van der Waals surface area contributed by atoms with Crippen LogP contribution in [-0.4, -0.2) is 13.7 Å². The van der Waals surface area contributed by atoms with Gasteiger partial charge in [0.15, 0.2) is 0 Å². The molecule has 0 saturated heterocycles. The second kappa shape index (κ2) is 4.76. The molecule has 0 aromatic rings. The van der Waals surface area contributed by atoms with Gasteiger partial charge in [0.25, 0.3) is 0 Å². The van der Waals surface area contributed by atoms with Gasteiger partial charge < -0.3 is 4.74 Å². The second-order valence-corrected chi connectivity index (χ2v) is 3.83. The zero-order valence-electron chi connectivity index (χ0n) is 7.81. The first kappa shape index (κ1) is 9.05. The fourth-order valence-corrected chi connectivity index (χ4v) is 2.10. The molecule has 0 bridgehead atoms. The molecule has 0 aromatic carbocycles. The van der Waals surface area contributed by atoms with E-state index in [1.807, 2.05) is 0 Å². The molecule has 11 heavy (non-hydrogen) atoms. The molecule has 0 unspecified atom stereocenters. The summed E-state index contributed by atoms with van der Waals surface area (Å²) in [6.07, 6.45) is 7.21. The van der Waals surface area contributed by atoms with Crippen molar-refractivity contribution in [2.75, 3.05) is 13.7 Å². The van der Waals surface area contributed by atoms with Crippen molar-refractivity contribution in [3.05, 3.63) is 0 Å². The van der Waals surface area contributed by atoms with Crippen LogP contribution in [0.25, 0.3) is 0 Å². The number of rotatable bonds is 3. The van der Waals surface area contributed by atoms with Crippen molar-refractivity contribution in [3.8, 4) is 0 Å². The highest BCUT2D eigenvalue weighted by atomic mass is 16.5. The molecular weight excluding hydrogens is 136 g/mol. The lowest BCUT2D eigenvalue weighted by molar-refractivity contribution is 0.114. The van der Waals surface area contributed by atoms with E-state index in [0.717, 1.165) is 18.4 Å². The van der Waals surface area contributed by atoms with Gasteiger partial charge in [-0.3, -0.25) is 0 Å². The maximum Gasteiger partial charge on any atom is 0.0490 e. The Balaban J connectivity index is 2.21. The van der Waals surface area contributed by atoms with Gasteiger partial charge in [-0.15, -0.1) is 0 Å². The van der Waals surface area contributed by atoms with Crippen LogP contribution in [-0.2, 0) is 4.74 Å². The zero-order valence-corrected chi connectivity index (χ0v) is 7.81. The van der Waals surface area contributed by atoms with Crippen LogP contribution in [0.5, 0.6) is 0 Å². The minimum Gasteiger partial charge on any atom is -0.384 e. The van der Waals surface area contributed by atoms with Crippen LogP contribution in [0.4, 0.5) is 0 Å². The Kier molecular flexibility index (Phi) is 3.92. The smallest absolute Gasteiger partial charge is 0.0490 e. The Hall–Kier alpha value is -0.0400. The summed E-state index contributed by atoms with van der Waals surface area (Å²) in [7, 11) is 1.80. The maximum absolute atomic E-state index is 5.16. The molecule has 0 spiro atoms. The van der Waals surface area contributed by atoms with E-state index in [9.17, 15) is 0 Å². The summed E-state index contributed by atoms with van der Waals surface area (Å²) in [5.41, 5.74) is 0. The topological polar surface area (TPSA) is 9.23 Å². The number of ether oxygens (including phenoxy) is 1. The lowest BCUT2D eigenvalue weighted by Crippen LogP contribution is -2.19. The summed E-state index contributed by atoms with van der Waals surface area (Å²) >= 11 is 0. The monoisotopic (exact) mass is 156 g/mol. The SMILES string of the molecule is COC[C@@H](C)C1CCCCC1. The van der Waals surface area contributed by atoms with Gasteiger partial charge in [-0.05, 0) is 11.8 Å². The summed E-state index contributed by atoms with van der Waals surface area (Å²) < 4.78 is 5.16. The first-order chi connectivity index (χ1) is 5.34. The van der Waals surface area contributed by atoms with E-state index >= 15 is 0 Å². The molecule has 0 heterocycles. The van der Waals surface area contributed by atoms with Gasteiger partial charge in [-0.2, -0.15) is 0 Å². The van der Waals surface area contributed by atoms with Crippen molar-refractivity contribution in [3.63, 3.8) is 0 Å². The molecule has 66 valence electrons. The maximum atomic E-state index is 5.16. The molecule has 1 heteroatoms. The molecule has 1 aliphatic rings. The highest BCUT2D eigenvalue weighted by molar-refractivity contribution is 4.70. The Morgan fingerprint density at radius 1 is 1.27 bits per heavy atom. The van der Waals surface area contributed by atoms with E-state index in [2.05, 4.69) is 6.92 Å². The molecule has 1 fully saturated rings. The molecule has 1 saturated carbocycles. The first-order valence-electron chi connectivity index (χ1n) is 4.83. The molecule has 0 aliphatic heterocycles. The average Bonchev–Trinajstić information content (AvgIpc) is 2.07. The third-order valence-electron chi connectivity index (χ3n) is 2.88. The minimum absolute atomic E-state index is 0.778. The van der Waals surface area contributed by atoms with Crippen LogP contribution in [0.3, 0.4) is 0 Å². The van der Waals surface area contributed by atoms with Crippen molar-refractivity contribution in [2.45, 2.75) is 39.0 Å². The van der Waals surface area contributed by atoms with Crippen LogP contribution in [0.2, 0.25) is 0 Å². The van der Waals surface area contributed by atoms with Gasteiger partial charge >= 0.3 is 0 Å². The van der Waals surface area contributed by atoms with Crippen molar-refractivity contribution < 1.29 is 4.74 Å². The van der Waals surface area contributed by atoms with Gasteiger partial charge in [0.2, 0.25) is 0 Å². The van der Waals surface area contributed by atoms with E-state index in [1.54, 1.807) is 7.11 Å². The predicted molar refractivity (Wildman–Crippen MR) is 47.6 cm³/mol. The normalized spacial score (nSPS) is 23.5. The lowest BCUT2D eigenvalue weighted by Gasteiger charge is -2.26. The van der Waals surface area contributed by atoms with Crippen LogP contribution in [0.1, 0.15) is 39.0 Å². The highest BCUT2D eigenvalue weighted by Crippen LogP contribution is 2.29. The van der Waals surface area contributed by atoms with Gasteiger partial charge in [0.05, 0.1) is 0 Å². The number of hydrogen-bond acceptors (Lipinski definition) is 1. The van der Waals surface area contributed by atoms with Crippen LogP contribution >= 0.6 is 0 Å². The molecule has 0 N–H and O–H groups in total. The summed E-state index contributed by atoms with van der Waals surface area (Å²) in [6, 6.07) is 0. The Morgan fingerprint density at radius 2 is 1.91 bits per heavy atom. The van der Waals surface area contributed by atoms with E-state index in [0.29, 0.717) is 0 Å². The largest absolute Gasteiger partial charge is 0.384 e. The van der Waals surface area contributed by atoms with Crippen molar-refractivity contribution >= 4 is 0 Å². The molecule has 0 radical (unpaired) electrons. The molecule has 1 nitrogen and oxygen atoms in total. The zero-order chi connectivity index (χ0) is 8.10. The molecule has 1 atom stereocenters.